The molecule has 1 atom stereocenters. The second-order valence-corrected chi connectivity index (χ2v) is 5.10. The molecular weight excluding hydrogens is 268 g/mol. The SMILES string of the molecule is [O-][S+](CCC=C(F)F)NCc1ccc(Cl)cc1. The van der Waals surface area contributed by atoms with Crippen molar-refractivity contribution < 1.29 is 13.3 Å². The van der Waals surface area contributed by atoms with Crippen LogP contribution >= 0.6 is 11.6 Å². The number of hydrogen-bond donors (Lipinski definition) is 1. The Labute approximate surface area is 107 Å². The van der Waals surface area contributed by atoms with Crippen LogP contribution in [0.2, 0.25) is 5.02 Å². The zero-order chi connectivity index (χ0) is 12.7. The first-order chi connectivity index (χ1) is 8.08. The zero-order valence-corrected chi connectivity index (χ0v) is 10.5. The van der Waals surface area contributed by atoms with Gasteiger partial charge in [-0.1, -0.05) is 23.7 Å². The first kappa shape index (κ1) is 14.4. The number of rotatable bonds is 6. The average molecular weight is 280 g/mol. The number of benzene rings is 1. The Hall–Kier alpha value is -0.620. The van der Waals surface area contributed by atoms with E-state index in [2.05, 4.69) is 4.72 Å². The third-order valence-corrected chi connectivity index (χ3v) is 3.28. The standard InChI is InChI=1S/C11H12ClF2NOS/c12-10-5-3-9(4-6-10)8-15-17(16)7-1-2-11(13)14/h2-6,15H,1,7-8H2. The first-order valence-electron chi connectivity index (χ1n) is 4.95. The zero-order valence-electron chi connectivity index (χ0n) is 8.96. The fourth-order valence-corrected chi connectivity index (χ4v) is 2.04. The molecule has 0 bridgehead atoms. The molecule has 1 rings (SSSR count). The summed E-state index contributed by atoms with van der Waals surface area (Å²) < 4.78 is 37.5. The Bertz CT molecular complexity index is 368. The molecule has 0 aliphatic heterocycles. The molecule has 0 amide bonds. The topological polar surface area (TPSA) is 35.1 Å². The molecule has 0 saturated carbocycles. The summed E-state index contributed by atoms with van der Waals surface area (Å²) in [5, 5.41) is 0.637. The van der Waals surface area contributed by atoms with E-state index < -0.39 is 17.4 Å². The third kappa shape index (κ3) is 6.63. The van der Waals surface area contributed by atoms with Gasteiger partial charge >= 0.3 is 0 Å². The quantitative estimate of drug-likeness (QED) is 0.811. The number of allylic oxidation sites excluding steroid dienone is 1. The van der Waals surface area contributed by atoms with Crippen LogP contribution < -0.4 is 4.72 Å². The summed E-state index contributed by atoms with van der Waals surface area (Å²) in [6, 6.07) is 7.10. The van der Waals surface area contributed by atoms with Gasteiger partial charge in [0, 0.05) is 22.8 Å². The lowest BCUT2D eigenvalue weighted by atomic mass is 10.2. The Kier molecular flexibility index (Phi) is 6.50. The number of nitrogens with one attached hydrogen (secondary N) is 1. The maximum Gasteiger partial charge on any atom is 0.266 e. The van der Waals surface area contributed by atoms with Gasteiger partial charge in [-0.2, -0.15) is 8.78 Å². The minimum Gasteiger partial charge on any atom is -0.598 e. The van der Waals surface area contributed by atoms with E-state index in [1.54, 1.807) is 12.1 Å². The monoisotopic (exact) mass is 279 g/mol. The lowest BCUT2D eigenvalue weighted by Crippen LogP contribution is -2.25. The highest BCUT2D eigenvalue weighted by molar-refractivity contribution is 7.89. The van der Waals surface area contributed by atoms with Crippen LogP contribution in [-0.2, 0) is 17.9 Å². The molecule has 17 heavy (non-hydrogen) atoms. The first-order valence-corrected chi connectivity index (χ1v) is 6.65. The second-order valence-electron chi connectivity index (χ2n) is 3.28. The third-order valence-electron chi connectivity index (χ3n) is 1.95. The van der Waals surface area contributed by atoms with Crippen molar-refractivity contribution in [3.05, 3.63) is 47.0 Å². The van der Waals surface area contributed by atoms with E-state index in [9.17, 15) is 13.3 Å². The fourth-order valence-electron chi connectivity index (χ4n) is 1.11. The molecule has 0 radical (unpaired) electrons. The summed E-state index contributed by atoms with van der Waals surface area (Å²) in [5.74, 6) is 0.172. The van der Waals surface area contributed by atoms with Crippen molar-refractivity contribution in [3.63, 3.8) is 0 Å². The Morgan fingerprint density at radius 2 is 2.00 bits per heavy atom. The summed E-state index contributed by atoms with van der Waals surface area (Å²) in [7, 11) is 0. The molecule has 6 heteroatoms. The molecule has 1 N–H and O–H groups in total. The van der Waals surface area contributed by atoms with E-state index in [1.165, 1.54) is 0 Å². The van der Waals surface area contributed by atoms with Crippen molar-refractivity contribution in [2.24, 2.45) is 0 Å². The lowest BCUT2D eigenvalue weighted by molar-refractivity contribution is 0.418. The van der Waals surface area contributed by atoms with Gasteiger partial charge in [-0.05, 0) is 23.8 Å². The summed E-state index contributed by atoms with van der Waals surface area (Å²) in [6.45, 7) is 0.422. The molecule has 0 spiro atoms. The van der Waals surface area contributed by atoms with Crippen LogP contribution in [-0.4, -0.2) is 10.3 Å². The van der Waals surface area contributed by atoms with Gasteiger partial charge in [-0.25, -0.2) is 0 Å². The second kappa shape index (κ2) is 7.66. The summed E-state index contributed by atoms with van der Waals surface area (Å²) in [6.07, 6.45) is -0.871. The van der Waals surface area contributed by atoms with Gasteiger partial charge in [-0.3, -0.25) is 0 Å². The molecule has 0 aliphatic carbocycles. The molecule has 0 saturated heterocycles. The van der Waals surface area contributed by atoms with Gasteiger partial charge in [0.05, 0.1) is 6.54 Å². The Morgan fingerprint density at radius 3 is 2.59 bits per heavy atom. The van der Waals surface area contributed by atoms with E-state index in [0.717, 1.165) is 11.6 Å². The van der Waals surface area contributed by atoms with Crippen molar-refractivity contribution in [2.45, 2.75) is 13.0 Å². The number of halogens is 3. The molecule has 0 fully saturated rings. The van der Waals surface area contributed by atoms with Gasteiger partial charge in [0.2, 0.25) is 0 Å². The van der Waals surface area contributed by atoms with Crippen molar-refractivity contribution in [2.75, 3.05) is 5.75 Å². The lowest BCUT2D eigenvalue weighted by Gasteiger charge is -2.10. The van der Waals surface area contributed by atoms with Crippen LogP contribution in [0.5, 0.6) is 0 Å². The molecule has 0 aromatic heterocycles. The molecular formula is C11H12ClF2NOS. The smallest absolute Gasteiger partial charge is 0.266 e. The number of hydrogen-bond acceptors (Lipinski definition) is 2. The van der Waals surface area contributed by atoms with Crippen LogP contribution in [0, 0.1) is 0 Å². The van der Waals surface area contributed by atoms with Crippen molar-refractivity contribution in [1.82, 2.24) is 4.72 Å². The summed E-state index contributed by atoms with van der Waals surface area (Å²) >= 11 is 4.41. The Balaban J connectivity index is 2.26. The highest BCUT2D eigenvalue weighted by atomic mass is 35.5. The van der Waals surface area contributed by atoms with E-state index in [4.69, 9.17) is 11.6 Å². The minimum atomic E-state index is -1.74. The van der Waals surface area contributed by atoms with Crippen LogP contribution in [0.1, 0.15) is 12.0 Å². The van der Waals surface area contributed by atoms with E-state index in [0.29, 0.717) is 11.6 Å². The normalized spacial score (nSPS) is 12.2. The van der Waals surface area contributed by atoms with Crippen LogP contribution in [0.3, 0.4) is 0 Å². The van der Waals surface area contributed by atoms with Crippen LogP contribution in [0.15, 0.2) is 36.4 Å². The van der Waals surface area contributed by atoms with Gasteiger partial charge in [0.1, 0.15) is 5.75 Å². The molecule has 1 aromatic carbocycles. The van der Waals surface area contributed by atoms with Gasteiger partial charge in [0.15, 0.2) is 0 Å². The van der Waals surface area contributed by atoms with Crippen LogP contribution in [0.4, 0.5) is 8.78 Å². The molecule has 0 aliphatic rings. The molecule has 94 valence electrons. The molecule has 1 aromatic rings. The highest BCUT2D eigenvalue weighted by Crippen LogP contribution is 2.09. The van der Waals surface area contributed by atoms with Gasteiger partial charge < -0.3 is 4.55 Å². The molecule has 0 heterocycles. The van der Waals surface area contributed by atoms with E-state index in [-0.39, 0.29) is 12.2 Å². The minimum absolute atomic E-state index is 0.0998. The van der Waals surface area contributed by atoms with E-state index >= 15 is 0 Å². The average Bonchev–Trinajstić information content (AvgIpc) is 2.28. The maximum absolute atomic E-state index is 11.7. The summed E-state index contributed by atoms with van der Waals surface area (Å²) in [5.41, 5.74) is 0.940. The van der Waals surface area contributed by atoms with Crippen molar-refractivity contribution in [1.29, 1.82) is 0 Å². The molecule has 2 nitrogen and oxygen atoms in total. The van der Waals surface area contributed by atoms with Crippen LogP contribution in [0.25, 0.3) is 0 Å². The fraction of sp³-hybridized carbons (Fsp3) is 0.273. The van der Waals surface area contributed by atoms with E-state index in [1.807, 2.05) is 12.1 Å². The Morgan fingerprint density at radius 1 is 1.35 bits per heavy atom. The summed E-state index contributed by atoms with van der Waals surface area (Å²) in [4.78, 5) is 0. The van der Waals surface area contributed by atoms with Gasteiger partial charge in [-0.15, -0.1) is 4.72 Å². The van der Waals surface area contributed by atoms with Gasteiger partial charge in [0.25, 0.3) is 6.08 Å². The highest BCUT2D eigenvalue weighted by Gasteiger charge is 2.05. The van der Waals surface area contributed by atoms with Crippen molar-refractivity contribution in [3.8, 4) is 0 Å². The predicted octanol–water partition coefficient (Wildman–Crippen LogP) is 3.26. The molecule has 1 unspecified atom stereocenters. The predicted molar refractivity (Wildman–Crippen MR) is 66.2 cm³/mol. The largest absolute Gasteiger partial charge is 0.598 e. The maximum atomic E-state index is 11.7. The van der Waals surface area contributed by atoms with Crippen molar-refractivity contribution >= 4 is 23.0 Å².